The van der Waals surface area contributed by atoms with Gasteiger partial charge in [0.25, 0.3) is 0 Å². The van der Waals surface area contributed by atoms with Crippen LogP contribution in [0.1, 0.15) is 35.3 Å². The molecule has 2 rings (SSSR count). The second-order valence-electron chi connectivity index (χ2n) is 5.92. The summed E-state index contributed by atoms with van der Waals surface area (Å²) in [5.41, 5.74) is 2.56. The summed E-state index contributed by atoms with van der Waals surface area (Å²) in [6, 6.07) is 9.54. The lowest BCUT2D eigenvalue weighted by molar-refractivity contribution is 0.0977. The zero-order valence-electron chi connectivity index (χ0n) is 14.0. The van der Waals surface area contributed by atoms with Gasteiger partial charge in [0.15, 0.2) is 17.3 Å². The lowest BCUT2D eigenvalue weighted by Crippen LogP contribution is -2.03. The lowest BCUT2D eigenvalue weighted by atomic mass is 10.0. The van der Waals surface area contributed by atoms with Crippen molar-refractivity contribution in [2.45, 2.75) is 20.3 Å². The van der Waals surface area contributed by atoms with Crippen molar-refractivity contribution in [1.82, 2.24) is 0 Å². The number of hydrogen-bond acceptors (Lipinski definition) is 5. The molecule has 5 heteroatoms. The minimum Gasteiger partial charge on any atom is -0.504 e. The molecule has 0 aliphatic heterocycles. The minimum absolute atomic E-state index is 0.301. The molecule has 0 saturated carbocycles. The highest BCUT2D eigenvalue weighted by molar-refractivity contribution is 6.11. The van der Waals surface area contributed by atoms with E-state index in [1.165, 1.54) is 11.6 Å². The molecule has 2 aromatic rings. The van der Waals surface area contributed by atoms with Crippen molar-refractivity contribution in [3.8, 4) is 17.2 Å². The molecule has 25 heavy (non-hydrogen) atoms. The smallest absolute Gasteiger partial charge is 0.231 e. The molecule has 0 aliphatic carbocycles. The number of phenols is 3. The standard InChI is InChI=1S/C20H20O5/c1-12(2)6-7-13-4-3-5-14(10-13)11-17(22)18(23)15-8-9-16(21)20(25)19(15)24/h3-6,8-11,21-22,24-25H,7H2,1-2H3. The van der Waals surface area contributed by atoms with E-state index in [2.05, 4.69) is 6.08 Å². The van der Waals surface area contributed by atoms with E-state index in [0.717, 1.165) is 24.1 Å². The first-order chi connectivity index (χ1) is 11.8. The summed E-state index contributed by atoms with van der Waals surface area (Å²) in [4.78, 5) is 12.3. The number of carbonyl (C=O) groups excluding carboxylic acids is 1. The van der Waals surface area contributed by atoms with Gasteiger partial charge in [0.2, 0.25) is 11.5 Å². The van der Waals surface area contributed by atoms with Crippen molar-refractivity contribution in [3.63, 3.8) is 0 Å². The van der Waals surface area contributed by atoms with Gasteiger partial charge in [-0.3, -0.25) is 4.79 Å². The molecular weight excluding hydrogens is 320 g/mol. The monoisotopic (exact) mass is 340 g/mol. The number of Topliss-reactive ketones (excluding diaryl/α,β-unsaturated/α-hetero) is 1. The van der Waals surface area contributed by atoms with Crippen molar-refractivity contribution < 1.29 is 25.2 Å². The van der Waals surface area contributed by atoms with Crippen LogP contribution >= 0.6 is 0 Å². The van der Waals surface area contributed by atoms with Gasteiger partial charge in [-0.15, -0.1) is 0 Å². The summed E-state index contributed by atoms with van der Waals surface area (Å²) in [5.74, 6) is -3.57. The molecule has 0 fully saturated rings. The summed E-state index contributed by atoms with van der Waals surface area (Å²) in [6.07, 6.45) is 4.11. The SMILES string of the molecule is CC(C)=CCc1cccc(C=C(O)C(=O)c2ccc(O)c(O)c2O)c1. The molecule has 0 radical (unpaired) electrons. The average Bonchev–Trinajstić information content (AvgIpc) is 2.58. The molecule has 2 aromatic carbocycles. The molecule has 0 aromatic heterocycles. The molecule has 0 aliphatic rings. The molecule has 5 nitrogen and oxygen atoms in total. The van der Waals surface area contributed by atoms with Crippen molar-refractivity contribution in [2.75, 3.05) is 0 Å². The number of ketones is 1. The zero-order valence-corrected chi connectivity index (χ0v) is 14.0. The Hall–Kier alpha value is -3.21. The molecule has 0 unspecified atom stereocenters. The first-order valence-corrected chi connectivity index (χ1v) is 7.71. The third-order valence-corrected chi connectivity index (χ3v) is 3.61. The van der Waals surface area contributed by atoms with E-state index < -0.39 is 28.8 Å². The van der Waals surface area contributed by atoms with E-state index in [4.69, 9.17) is 0 Å². The predicted octanol–water partition coefficient (Wildman–Crippen LogP) is 4.09. The van der Waals surface area contributed by atoms with Crippen molar-refractivity contribution >= 4 is 11.9 Å². The molecule has 0 saturated heterocycles. The van der Waals surface area contributed by atoms with E-state index in [9.17, 15) is 25.2 Å². The maximum absolute atomic E-state index is 12.3. The number of allylic oxidation sites excluding steroid dienone is 3. The van der Waals surface area contributed by atoms with E-state index in [0.29, 0.717) is 5.56 Å². The Morgan fingerprint density at radius 3 is 2.44 bits per heavy atom. The Morgan fingerprint density at radius 1 is 1.04 bits per heavy atom. The van der Waals surface area contributed by atoms with Crippen LogP contribution in [0.4, 0.5) is 0 Å². The van der Waals surface area contributed by atoms with E-state index in [1.54, 1.807) is 6.07 Å². The van der Waals surface area contributed by atoms with E-state index in [1.807, 2.05) is 32.0 Å². The van der Waals surface area contributed by atoms with Crippen molar-refractivity contribution in [2.24, 2.45) is 0 Å². The van der Waals surface area contributed by atoms with Crippen LogP contribution in [0.2, 0.25) is 0 Å². The average molecular weight is 340 g/mol. The largest absolute Gasteiger partial charge is 0.504 e. The Bertz CT molecular complexity index is 858. The van der Waals surface area contributed by atoms with E-state index in [-0.39, 0.29) is 5.56 Å². The summed E-state index contributed by atoms with van der Waals surface area (Å²) >= 11 is 0. The van der Waals surface area contributed by atoms with Crippen LogP contribution in [0.15, 0.2) is 53.8 Å². The van der Waals surface area contributed by atoms with Crippen molar-refractivity contribution in [3.05, 3.63) is 70.5 Å². The Labute approximate surface area is 145 Å². The number of aromatic hydroxyl groups is 3. The van der Waals surface area contributed by atoms with Gasteiger partial charge in [-0.05, 0) is 49.6 Å². The molecular formula is C20H20O5. The van der Waals surface area contributed by atoms with Crippen LogP contribution in [-0.4, -0.2) is 26.2 Å². The first-order valence-electron chi connectivity index (χ1n) is 7.71. The van der Waals surface area contributed by atoms with Gasteiger partial charge in [0, 0.05) is 0 Å². The fourth-order valence-corrected chi connectivity index (χ4v) is 2.25. The van der Waals surface area contributed by atoms with Crippen LogP contribution in [0.5, 0.6) is 17.2 Å². The van der Waals surface area contributed by atoms with Gasteiger partial charge in [-0.1, -0.05) is 35.9 Å². The summed E-state index contributed by atoms with van der Waals surface area (Å²) in [5, 5.41) is 38.6. The number of rotatable bonds is 5. The highest BCUT2D eigenvalue weighted by Crippen LogP contribution is 2.37. The van der Waals surface area contributed by atoms with Gasteiger partial charge < -0.3 is 20.4 Å². The number of aliphatic hydroxyl groups excluding tert-OH is 1. The van der Waals surface area contributed by atoms with Crippen LogP contribution in [-0.2, 0) is 6.42 Å². The van der Waals surface area contributed by atoms with Crippen LogP contribution in [0.3, 0.4) is 0 Å². The molecule has 4 N–H and O–H groups in total. The Balaban J connectivity index is 2.29. The molecule has 0 atom stereocenters. The maximum Gasteiger partial charge on any atom is 0.231 e. The topological polar surface area (TPSA) is 98.0 Å². The molecule has 0 amide bonds. The second-order valence-corrected chi connectivity index (χ2v) is 5.92. The highest BCUT2D eigenvalue weighted by Gasteiger charge is 2.20. The lowest BCUT2D eigenvalue weighted by Gasteiger charge is -2.07. The number of carbonyl (C=O) groups is 1. The van der Waals surface area contributed by atoms with Crippen molar-refractivity contribution in [1.29, 1.82) is 0 Å². The zero-order chi connectivity index (χ0) is 18.6. The van der Waals surface area contributed by atoms with Gasteiger partial charge in [-0.2, -0.15) is 0 Å². The quantitative estimate of drug-likeness (QED) is 0.216. The summed E-state index contributed by atoms with van der Waals surface area (Å²) < 4.78 is 0. The number of hydrogen-bond donors (Lipinski definition) is 4. The highest BCUT2D eigenvalue weighted by atomic mass is 16.3. The normalized spacial score (nSPS) is 11.2. The fraction of sp³-hybridized carbons (Fsp3) is 0.150. The van der Waals surface area contributed by atoms with Gasteiger partial charge in [0.05, 0.1) is 5.56 Å². The maximum atomic E-state index is 12.3. The van der Waals surface area contributed by atoms with Gasteiger partial charge in [0.1, 0.15) is 0 Å². The third-order valence-electron chi connectivity index (χ3n) is 3.61. The predicted molar refractivity (Wildman–Crippen MR) is 95.9 cm³/mol. The third kappa shape index (κ3) is 4.41. The summed E-state index contributed by atoms with van der Waals surface area (Å²) in [6.45, 7) is 4.02. The number of aliphatic hydroxyl groups is 1. The number of phenolic OH excluding ortho intramolecular Hbond substituents is 3. The Kier molecular flexibility index (Phi) is 5.49. The first kappa shape index (κ1) is 18.1. The molecule has 0 spiro atoms. The summed E-state index contributed by atoms with van der Waals surface area (Å²) in [7, 11) is 0. The second kappa shape index (κ2) is 7.57. The molecule has 0 bridgehead atoms. The minimum atomic E-state index is -0.859. The van der Waals surface area contributed by atoms with Crippen LogP contribution in [0, 0.1) is 0 Å². The number of benzene rings is 2. The van der Waals surface area contributed by atoms with Crippen LogP contribution < -0.4 is 0 Å². The fourth-order valence-electron chi connectivity index (χ4n) is 2.25. The Morgan fingerprint density at radius 2 is 1.76 bits per heavy atom. The molecule has 130 valence electrons. The van der Waals surface area contributed by atoms with Gasteiger partial charge >= 0.3 is 0 Å². The van der Waals surface area contributed by atoms with Gasteiger partial charge in [-0.25, -0.2) is 0 Å². The van der Waals surface area contributed by atoms with Crippen LogP contribution in [0.25, 0.3) is 6.08 Å². The molecule has 0 heterocycles. The van der Waals surface area contributed by atoms with E-state index >= 15 is 0 Å².